The van der Waals surface area contributed by atoms with Gasteiger partial charge in [-0.05, 0) is 11.6 Å². The summed E-state index contributed by atoms with van der Waals surface area (Å²) in [5.74, 6) is -0.202. The maximum absolute atomic E-state index is 11.1. The molecule has 0 fully saturated rings. The molecule has 22 heavy (non-hydrogen) atoms. The molecule has 0 radical (unpaired) electrons. The van der Waals surface area contributed by atoms with E-state index >= 15 is 0 Å². The number of aliphatic hydroxyl groups is 1. The van der Waals surface area contributed by atoms with Crippen LogP contribution in [0.5, 0.6) is 0 Å². The summed E-state index contributed by atoms with van der Waals surface area (Å²) in [4.78, 5) is 14.4. The average molecular weight is 298 g/mol. The summed E-state index contributed by atoms with van der Waals surface area (Å²) >= 11 is 0. The molecule has 0 aliphatic carbocycles. The van der Waals surface area contributed by atoms with Gasteiger partial charge >= 0.3 is 5.69 Å². The standard InChI is InChI=1S/C15H14N4O3/c16-8-12-6-7-17-15(14(12)19(21)22)18-9-13(10-20)11-4-2-1-3-5-11/h1-7,13,20H,9-10H2,(H,17,18)/t13-/m1/s1. The molecule has 112 valence electrons. The molecule has 7 heteroatoms. The zero-order chi connectivity index (χ0) is 15.9. The highest BCUT2D eigenvalue weighted by Gasteiger charge is 2.22. The lowest BCUT2D eigenvalue weighted by molar-refractivity contribution is -0.384. The van der Waals surface area contributed by atoms with Gasteiger partial charge in [-0.2, -0.15) is 5.26 Å². The first kappa shape index (κ1) is 15.4. The van der Waals surface area contributed by atoms with Crippen molar-refractivity contribution < 1.29 is 10.0 Å². The summed E-state index contributed by atoms with van der Waals surface area (Å²) in [6.45, 7) is 0.159. The summed E-state index contributed by atoms with van der Waals surface area (Å²) in [5.41, 5.74) is 0.508. The molecular weight excluding hydrogens is 284 g/mol. The molecule has 0 amide bonds. The van der Waals surface area contributed by atoms with E-state index in [1.165, 1.54) is 12.3 Å². The second kappa shape index (κ2) is 7.15. The molecular formula is C15H14N4O3. The molecule has 7 nitrogen and oxygen atoms in total. The number of rotatable bonds is 6. The Bertz CT molecular complexity index is 698. The van der Waals surface area contributed by atoms with Gasteiger partial charge < -0.3 is 10.4 Å². The van der Waals surface area contributed by atoms with Crippen molar-refractivity contribution in [2.45, 2.75) is 5.92 Å². The van der Waals surface area contributed by atoms with Gasteiger partial charge in [0.15, 0.2) is 0 Å². The van der Waals surface area contributed by atoms with Crippen LogP contribution in [-0.4, -0.2) is 28.2 Å². The Labute approximate surface area is 127 Å². The van der Waals surface area contributed by atoms with Crippen molar-refractivity contribution in [3.8, 4) is 6.07 Å². The van der Waals surface area contributed by atoms with Crippen LogP contribution < -0.4 is 5.32 Å². The van der Waals surface area contributed by atoms with Crippen LogP contribution >= 0.6 is 0 Å². The van der Waals surface area contributed by atoms with Gasteiger partial charge in [0.2, 0.25) is 5.82 Å². The molecule has 1 aromatic heterocycles. The molecule has 0 saturated heterocycles. The Morgan fingerprint density at radius 3 is 2.68 bits per heavy atom. The fourth-order valence-corrected chi connectivity index (χ4v) is 2.09. The zero-order valence-electron chi connectivity index (χ0n) is 11.6. The minimum absolute atomic E-state index is 0.0263. The third kappa shape index (κ3) is 3.37. The number of nitro groups is 1. The van der Waals surface area contributed by atoms with Crippen LogP contribution in [0.25, 0.3) is 0 Å². The van der Waals surface area contributed by atoms with E-state index in [-0.39, 0.29) is 36.1 Å². The first-order valence-corrected chi connectivity index (χ1v) is 6.60. The molecule has 1 aromatic carbocycles. The van der Waals surface area contributed by atoms with Gasteiger partial charge in [-0.15, -0.1) is 0 Å². The van der Waals surface area contributed by atoms with E-state index in [1.54, 1.807) is 6.07 Å². The van der Waals surface area contributed by atoms with E-state index in [4.69, 9.17) is 5.26 Å². The normalized spacial score (nSPS) is 11.5. The van der Waals surface area contributed by atoms with Crippen molar-refractivity contribution in [2.75, 3.05) is 18.5 Å². The first-order chi connectivity index (χ1) is 10.7. The highest BCUT2D eigenvalue weighted by atomic mass is 16.6. The van der Waals surface area contributed by atoms with Crippen LogP contribution in [0.15, 0.2) is 42.6 Å². The van der Waals surface area contributed by atoms with Crippen LogP contribution in [0.4, 0.5) is 11.5 Å². The predicted molar refractivity (Wildman–Crippen MR) is 80.4 cm³/mol. The topological polar surface area (TPSA) is 112 Å². The fourth-order valence-electron chi connectivity index (χ4n) is 2.09. The number of nitrogens with one attached hydrogen (secondary N) is 1. The average Bonchev–Trinajstić information content (AvgIpc) is 2.55. The Morgan fingerprint density at radius 1 is 1.36 bits per heavy atom. The maximum Gasteiger partial charge on any atom is 0.328 e. The van der Waals surface area contributed by atoms with E-state index in [2.05, 4.69) is 10.3 Å². The number of hydrogen-bond acceptors (Lipinski definition) is 6. The van der Waals surface area contributed by atoms with Gasteiger partial charge in [-0.3, -0.25) is 10.1 Å². The molecule has 0 unspecified atom stereocenters. The highest BCUT2D eigenvalue weighted by molar-refractivity contribution is 5.64. The molecule has 2 N–H and O–H groups in total. The van der Waals surface area contributed by atoms with Gasteiger partial charge in [0.05, 0.1) is 11.5 Å². The number of pyridine rings is 1. The number of hydrogen-bond donors (Lipinski definition) is 2. The summed E-state index contributed by atoms with van der Waals surface area (Å²) in [7, 11) is 0. The molecule has 2 rings (SSSR count). The van der Waals surface area contributed by atoms with Crippen molar-refractivity contribution in [3.05, 3.63) is 63.8 Å². The smallest absolute Gasteiger partial charge is 0.328 e. The lowest BCUT2D eigenvalue weighted by Gasteiger charge is -2.15. The van der Waals surface area contributed by atoms with Crippen molar-refractivity contribution in [3.63, 3.8) is 0 Å². The van der Waals surface area contributed by atoms with E-state index < -0.39 is 4.92 Å². The van der Waals surface area contributed by atoms with Crippen molar-refractivity contribution in [1.82, 2.24) is 4.98 Å². The number of nitrogens with zero attached hydrogens (tertiary/aromatic N) is 3. The zero-order valence-corrected chi connectivity index (χ0v) is 11.6. The summed E-state index contributed by atoms with van der Waals surface area (Å²) in [6.07, 6.45) is 1.34. The predicted octanol–water partition coefficient (Wildman–Crippen LogP) is 2.05. The summed E-state index contributed by atoms with van der Waals surface area (Å²) < 4.78 is 0. The van der Waals surface area contributed by atoms with E-state index in [0.717, 1.165) is 5.56 Å². The van der Waals surface area contributed by atoms with Crippen molar-refractivity contribution in [2.24, 2.45) is 0 Å². The van der Waals surface area contributed by atoms with E-state index in [9.17, 15) is 15.2 Å². The van der Waals surface area contributed by atoms with Crippen LogP contribution in [0, 0.1) is 21.4 Å². The van der Waals surface area contributed by atoms with E-state index in [0.29, 0.717) is 0 Å². The molecule has 0 aliphatic heterocycles. The lowest BCUT2D eigenvalue weighted by atomic mass is 10.00. The van der Waals surface area contributed by atoms with Crippen LogP contribution in [0.3, 0.4) is 0 Å². The summed E-state index contributed by atoms with van der Waals surface area (Å²) in [5, 5.41) is 32.4. The van der Waals surface area contributed by atoms with Crippen LogP contribution in [-0.2, 0) is 0 Å². The number of anilines is 1. The summed E-state index contributed by atoms with van der Waals surface area (Å²) in [6, 6.07) is 12.4. The second-order valence-corrected chi connectivity index (χ2v) is 4.60. The fraction of sp³-hybridized carbons (Fsp3) is 0.200. The van der Waals surface area contributed by atoms with Crippen molar-refractivity contribution in [1.29, 1.82) is 5.26 Å². The molecule has 0 bridgehead atoms. The minimum atomic E-state index is -0.635. The van der Waals surface area contributed by atoms with Crippen molar-refractivity contribution >= 4 is 11.5 Å². The lowest BCUT2D eigenvalue weighted by Crippen LogP contribution is -2.17. The third-order valence-corrected chi connectivity index (χ3v) is 3.23. The van der Waals surface area contributed by atoms with Gasteiger partial charge in [0.25, 0.3) is 0 Å². The molecule has 0 aliphatic rings. The quantitative estimate of drug-likeness (QED) is 0.623. The van der Waals surface area contributed by atoms with Gasteiger partial charge in [0.1, 0.15) is 11.6 Å². The highest BCUT2D eigenvalue weighted by Crippen LogP contribution is 2.26. The van der Waals surface area contributed by atoms with E-state index in [1.807, 2.05) is 30.3 Å². The number of benzene rings is 1. The Hall–Kier alpha value is -2.98. The van der Waals surface area contributed by atoms with Gasteiger partial charge in [0, 0.05) is 18.7 Å². The molecule has 1 atom stereocenters. The monoisotopic (exact) mass is 298 g/mol. The largest absolute Gasteiger partial charge is 0.396 e. The number of aliphatic hydroxyl groups excluding tert-OH is 1. The Morgan fingerprint density at radius 2 is 2.09 bits per heavy atom. The number of nitriles is 1. The third-order valence-electron chi connectivity index (χ3n) is 3.23. The van der Waals surface area contributed by atoms with Crippen LogP contribution in [0.1, 0.15) is 17.0 Å². The van der Waals surface area contributed by atoms with Gasteiger partial charge in [-0.1, -0.05) is 30.3 Å². The first-order valence-electron chi connectivity index (χ1n) is 6.60. The molecule has 2 aromatic rings. The second-order valence-electron chi connectivity index (χ2n) is 4.60. The van der Waals surface area contributed by atoms with Gasteiger partial charge in [-0.25, -0.2) is 4.98 Å². The van der Waals surface area contributed by atoms with Crippen LogP contribution in [0.2, 0.25) is 0 Å². The number of aromatic nitrogens is 1. The molecule has 1 heterocycles. The molecule has 0 spiro atoms. The SMILES string of the molecule is N#Cc1ccnc(NC[C@H](CO)c2ccccc2)c1[N+](=O)[O-]. The Balaban J connectivity index is 2.21. The maximum atomic E-state index is 11.1. The Kier molecular flexibility index (Phi) is 5.01. The minimum Gasteiger partial charge on any atom is -0.396 e. The molecule has 0 saturated carbocycles.